The van der Waals surface area contributed by atoms with Crippen LogP contribution in [0.5, 0.6) is 5.75 Å². The molecule has 0 bridgehead atoms. The molecule has 0 spiro atoms. The summed E-state index contributed by atoms with van der Waals surface area (Å²) in [5.41, 5.74) is 3.08. The van der Waals surface area contributed by atoms with E-state index in [1.54, 1.807) is 0 Å². The average molecular weight is 337 g/mol. The number of aryl methyl sites for hydroxylation is 1. The minimum absolute atomic E-state index is 0.0524. The van der Waals surface area contributed by atoms with Crippen LogP contribution in [0.15, 0.2) is 54.7 Å². The van der Waals surface area contributed by atoms with Gasteiger partial charge in [0.2, 0.25) is 5.91 Å². The highest BCUT2D eigenvalue weighted by molar-refractivity contribution is 5.75. The van der Waals surface area contributed by atoms with Crippen molar-refractivity contribution < 1.29 is 9.53 Å². The van der Waals surface area contributed by atoms with E-state index in [0.717, 1.165) is 29.2 Å². The topological polar surface area (TPSA) is 55.6 Å². The van der Waals surface area contributed by atoms with Crippen LogP contribution in [-0.2, 0) is 11.2 Å². The number of amides is 1. The van der Waals surface area contributed by atoms with Crippen LogP contribution in [0.1, 0.15) is 24.2 Å². The zero-order valence-electron chi connectivity index (χ0n) is 14.4. The number of imidazole rings is 1. The summed E-state index contributed by atoms with van der Waals surface area (Å²) in [7, 11) is 0. The molecule has 0 aliphatic heterocycles. The number of ether oxygens (including phenoxy) is 1. The van der Waals surface area contributed by atoms with Crippen LogP contribution in [0.25, 0.3) is 5.65 Å². The second kappa shape index (κ2) is 8.33. The van der Waals surface area contributed by atoms with Gasteiger partial charge in [0.1, 0.15) is 11.4 Å². The lowest BCUT2D eigenvalue weighted by Crippen LogP contribution is -2.25. The maximum absolute atomic E-state index is 11.9. The predicted molar refractivity (Wildman–Crippen MR) is 97.8 cm³/mol. The summed E-state index contributed by atoms with van der Waals surface area (Å²) >= 11 is 0. The molecule has 25 heavy (non-hydrogen) atoms. The highest BCUT2D eigenvalue weighted by Gasteiger charge is 2.05. The zero-order valence-corrected chi connectivity index (χ0v) is 14.4. The van der Waals surface area contributed by atoms with Gasteiger partial charge >= 0.3 is 0 Å². The van der Waals surface area contributed by atoms with Gasteiger partial charge in [0.25, 0.3) is 0 Å². The summed E-state index contributed by atoms with van der Waals surface area (Å²) in [5.74, 6) is 0.890. The van der Waals surface area contributed by atoms with Gasteiger partial charge in [-0.05, 0) is 37.6 Å². The lowest BCUT2D eigenvalue weighted by atomic mass is 10.3. The highest BCUT2D eigenvalue weighted by atomic mass is 16.5. The molecule has 2 aromatic heterocycles. The number of fused-ring (bicyclic) bond motifs is 1. The van der Waals surface area contributed by atoms with Crippen LogP contribution in [0.3, 0.4) is 0 Å². The molecule has 0 aliphatic rings. The number of hydrogen-bond donors (Lipinski definition) is 1. The molecular formula is C20H23N3O2. The molecule has 0 unspecified atom stereocenters. The number of carbonyl (C=O) groups excluding carboxylic acids is 1. The minimum Gasteiger partial charge on any atom is -0.494 e. The minimum atomic E-state index is 0.0524. The average Bonchev–Trinajstić information content (AvgIpc) is 3.04. The number of pyridine rings is 1. The third-order valence-corrected chi connectivity index (χ3v) is 4.01. The molecule has 3 rings (SSSR count). The van der Waals surface area contributed by atoms with Crippen molar-refractivity contribution in [3.05, 3.63) is 66.1 Å². The number of nitrogens with one attached hydrogen (secondary N) is 1. The van der Waals surface area contributed by atoms with E-state index in [2.05, 4.69) is 27.7 Å². The van der Waals surface area contributed by atoms with E-state index >= 15 is 0 Å². The zero-order chi connectivity index (χ0) is 17.5. The number of carbonyl (C=O) groups is 1. The maximum atomic E-state index is 11.9. The van der Waals surface area contributed by atoms with Gasteiger partial charge in [-0.15, -0.1) is 0 Å². The first-order valence-electron chi connectivity index (χ1n) is 8.60. The molecule has 0 radical (unpaired) electrons. The predicted octanol–water partition coefficient (Wildman–Crippen LogP) is 3.16. The fourth-order valence-corrected chi connectivity index (χ4v) is 2.68. The molecule has 2 heterocycles. The molecule has 3 aromatic rings. The first-order valence-corrected chi connectivity index (χ1v) is 8.60. The number of para-hydroxylation sites is 1. The van der Waals surface area contributed by atoms with Crippen molar-refractivity contribution >= 4 is 11.6 Å². The third-order valence-electron chi connectivity index (χ3n) is 4.01. The Morgan fingerprint density at radius 3 is 2.80 bits per heavy atom. The summed E-state index contributed by atoms with van der Waals surface area (Å²) in [6, 6.07) is 15.7. The van der Waals surface area contributed by atoms with Crippen LogP contribution < -0.4 is 10.1 Å². The van der Waals surface area contributed by atoms with Crippen molar-refractivity contribution in [3.63, 3.8) is 0 Å². The molecule has 1 N–H and O–H groups in total. The van der Waals surface area contributed by atoms with Gasteiger partial charge in [-0.2, -0.15) is 0 Å². The van der Waals surface area contributed by atoms with E-state index in [-0.39, 0.29) is 5.91 Å². The molecule has 0 aliphatic carbocycles. The first-order chi connectivity index (χ1) is 12.2. The molecule has 5 nitrogen and oxygen atoms in total. The Morgan fingerprint density at radius 2 is 2.00 bits per heavy atom. The van der Waals surface area contributed by atoms with Crippen molar-refractivity contribution in [2.75, 3.05) is 13.2 Å². The molecule has 0 saturated heterocycles. The molecule has 0 atom stereocenters. The summed E-state index contributed by atoms with van der Waals surface area (Å²) in [4.78, 5) is 16.4. The summed E-state index contributed by atoms with van der Waals surface area (Å²) < 4.78 is 7.65. The number of aromatic nitrogens is 2. The Hall–Kier alpha value is -2.82. The number of hydrogen-bond acceptors (Lipinski definition) is 3. The van der Waals surface area contributed by atoms with Crippen molar-refractivity contribution in [2.45, 2.75) is 26.2 Å². The fourth-order valence-electron chi connectivity index (χ4n) is 2.68. The summed E-state index contributed by atoms with van der Waals surface area (Å²) in [5, 5.41) is 2.95. The van der Waals surface area contributed by atoms with Gasteiger partial charge in [-0.1, -0.05) is 24.3 Å². The second-order valence-corrected chi connectivity index (χ2v) is 5.99. The fraction of sp³-hybridized carbons (Fsp3) is 0.300. The second-order valence-electron chi connectivity index (χ2n) is 5.99. The summed E-state index contributed by atoms with van der Waals surface area (Å²) in [6.07, 6.45) is 3.93. The van der Waals surface area contributed by atoms with Crippen LogP contribution >= 0.6 is 0 Å². The molecule has 1 amide bonds. The van der Waals surface area contributed by atoms with Gasteiger partial charge in [0.15, 0.2) is 0 Å². The molecular weight excluding hydrogens is 314 g/mol. The molecule has 130 valence electrons. The number of nitrogens with zero attached hydrogens (tertiary/aromatic N) is 2. The lowest BCUT2D eigenvalue weighted by Gasteiger charge is -2.06. The maximum Gasteiger partial charge on any atom is 0.220 e. The van der Waals surface area contributed by atoms with Crippen LogP contribution in [0.2, 0.25) is 0 Å². The standard InChI is InChI=1S/C20H23N3O2/c1-16-7-5-10-19-22-17(15-23(16)19)12-13-21-20(24)11-6-14-25-18-8-3-2-4-9-18/h2-5,7-10,15H,6,11-14H2,1H3,(H,21,24). The van der Waals surface area contributed by atoms with Gasteiger partial charge in [0.05, 0.1) is 12.3 Å². The largest absolute Gasteiger partial charge is 0.494 e. The SMILES string of the molecule is Cc1cccc2nc(CCNC(=O)CCCOc3ccccc3)cn12. The van der Waals surface area contributed by atoms with Crippen molar-refractivity contribution in [3.8, 4) is 5.75 Å². The number of rotatable bonds is 8. The van der Waals surface area contributed by atoms with E-state index in [0.29, 0.717) is 26.0 Å². The van der Waals surface area contributed by atoms with E-state index in [1.165, 1.54) is 0 Å². The molecule has 0 fully saturated rings. The third kappa shape index (κ3) is 4.83. The van der Waals surface area contributed by atoms with Crippen molar-refractivity contribution in [1.82, 2.24) is 14.7 Å². The molecule has 0 saturated carbocycles. The van der Waals surface area contributed by atoms with Crippen molar-refractivity contribution in [1.29, 1.82) is 0 Å². The van der Waals surface area contributed by atoms with Gasteiger partial charge in [0, 0.05) is 31.3 Å². The Kier molecular flexibility index (Phi) is 5.67. The van der Waals surface area contributed by atoms with E-state index in [4.69, 9.17) is 4.74 Å². The molecule has 1 aromatic carbocycles. The van der Waals surface area contributed by atoms with E-state index in [9.17, 15) is 4.79 Å². The van der Waals surface area contributed by atoms with E-state index in [1.807, 2.05) is 48.7 Å². The van der Waals surface area contributed by atoms with Gasteiger partial charge < -0.3 is 14.5 Å². The van der Waals surface area contributed by atoms with Crippen LogP contribution in [0.4, 0.5) is 0 Å². The Balaban J connectivity index is 1.35. The van der Waals surface area contributed by atoms with E-state index < -0.39 is 0 Å². The Morgan fingerprint density at radius 1 is 1.16 bits per heavy atom. The van der Waals surface area contributed by atoms with Gasteiger partial charge in [-0.25, -0.2) is 4.98 Å². The highest BCUT2D eigenvalue weighted by Crippen LogP contribution is 2.09. The van der Waals surface area contributed by atoms with Gasteiger partial charge in [-0.3, -0.25) is 4.79 Å². The van der Waals surface area contributed by atoms with Crippen LogP contribution in [0, 0.1) is 6.92 Å². The smallest absolute Gasteiger partial charge is 0.220 e. The van der Waals surface area contributed by atoms with Crippen molar-refractivity contribution in [2.24, 2.45) is 0 Å². The Labute approximate surface area is 147 Å². The Bertz CT molecular complexity index is 827. The number of benzene rings is 1. The lowest BCUT2D eigenvalue weighted by molar-refractivity contribution is -0.121. The quantitative estimate of drug-likeness (QED) is 0.642. The molecule has 5 heteroatoms. The first kappa shape index (κ1) is 17.0. The monoisotopic (exact) mass is 337 g/mol. The summed E-state index contributed by atoms with van der Waals surface area (Å²) in [6.45, 7) is 3.20. The normalized spacial score (nSPS) is 10.8. The van der Waals surface area contributed by atoms with Crippen LogP contribution in [-0.4, -0.2) is 28.4 Å².